The molecule has 0 fully saturated rings. The van der Waals surface area contributed by atoms with Crippen molar-refractivity contribution in [1.29, 1.82) is 0 Å². The smallest absolute Gasteiger partial charge is 0.273 e. The van der Waals surface area contributed by atoms with Gasteiger partial charge in [0.25, 0.3) is 11.6 Å². The first-order valence-electron chi connectivity index (χ1n) is 8.08. The highest BCUT2D eigenvalue weighted by Gasteiger charge is 2.14. The number of methoxy groups -OCH3 is 1. The zero-order valence-electron chi connectivity index (χ0n) is 14.7. The molecule has 0 bridgehead atoms. The van der Waals surface area contributed by atoms with Crippen LogP contribution in [0.15, 0.2) is 18.2 Å². The van der Waals surface area contributed by atoms with E-state index in [0.717, 1.165) is 19.3 Å². The van der Waals surface area contributed by atoms with Gasteiger partial charge in [-0.25, -0.2) is 0 Å². The molecular formula is C17H26N2O5. The zero-order valence-corrected chi connectivity index (χ0v) is 14.7. The van der Waals surface area contributed by atoms with E-state index in [1.165, 1.54) is 25.3 Å². The van der Waals surface area contributed by atoms with Crippen LogP contribution in [0.25, 0.3) is 0 Å². The molecule has 1 rings (SSSR count). The highest BCUT2D eigenvalue weighted by atomic mass is 16.6. The lowest BCUT2D eigenvalue weighted by Crippen LogP contribution is -2.36. The largest absolute Gasteiger partial charge is 0.493 e. The fourth-order valence-corrected chi connectivity index (χ4v) is 2.26. The Morgan fingerprint density at radius 3 is 2.54 bits per heavy atom. The van der Waals surface area contributed by atoms with Crippen molar-refractivity contribution in [2.45, 2.75) is 46.1 Å². The number of carbonyl (C=O) groups is 1. The van der Waals surface area contributed by atoms with Crippen LogP contribution >= 0.6 is 0 Å². The summed E-state index contributed by atoms with van der Waals surface area (Å²) in [6.45, 7) is 6.07. The maximum atomic E-state index is 11.9. The molecule has 0 aromatic heterocycles. The van der Waals surface area contributed by atoms with Gasteiger partial charge in [0.2, 0.25) is 0 Å². The Morgan fingerprint density at radius 1 is 1.25 bits per heavy atom. The van der Waals surface area contributed by atoms with Crippen molar-refractivity contribution in [2.75, 3.05) is 13.7 Å². The predicted octanol–water partition coefficient (Wildman–Crippen LogP) is 3.31. The van der Waals surface area contributed by atoms with Crippen LogP contribution in [-0.2, 0) is 4.79 Å². The lowest BCUT2D eigenvalue weighted by molar-refractivity contribution is -0.385. The number of nitrogens with zero attached hydrogens (tertiary/aromatic N) is 1. The third-order valence-electron chi connectivity index (χ3n) is 3.54. The van der Waals surface area contributed by atoms with Gasteiger partial charge in [0, 0.05) is 12.1 Å². The molecule has 7 heteroatoms. The number of nitro benzene ring substituents is 1. The van der Waals surface area contributed by atoms with Gasteiger partial charge in [-0.05, 0) is 25.3 Å². The SMILES string of the molecule is COc1ccc([N+](=O)[O-])cc1OCC(=O)N[C@H](C)CCCC(C)C. The first-order valence-corrected chi connectivity index (χ1v) is 8.08. The molecular weight excluding hydrogens is 312 g/mol. The molecule has 0 radical (unpaired) electrons. The first-order chi connectivity index (χ1) is 11.3. The van der Waals surface area contributed by atoms with Gasteiger partial charge < -0.3 is 14.8 Å². The van der Waals surface area contributed by atoms with Crippen molar-refractivity contribution in [1.82, 2.24) is 5.32 Å². The van der Waals surface area contributed by atoms with Crippen molar-refractivity contribution < 1.29 is 19.2 Å². The quantitative estimate of drug-likeness (QED) is 0.522. The Hall–Kier alpha value is -2.31. The Bertz CT molecular complexity index is 560. The molecule has 0 spiro atoms. The van der Waals surface area contributed by atoms with E-state index in [0.29, 0.717) is 11.7 Å². The monoisotopic (exact) mass is 338 g/mol. The summed E-state index contributed by atoms with van der Waals surface area (Å²) in [6, 6.07) is 4.08. The van der Waals surface area contributed by atoms with E-state index in [2.05, 4.69) is 19.2 Å². The molecule has 0 aliphatic rings. The van der Waals surface area contributed by atoms with Crippen molar-refractivity contribution in [2.24, 2.45) is 5.92 Å². The second-order valence-electron chi connectivity index (χ2n) is 6.17. The topological polar surface area (TPSA) is 90.7 Å². The van der Waals surface area contributed by atoms with E-state index in [9.17, 15) is 14.9 Å². The van der Waals surface area contributed by atoms with Gasteiger partial charge in [0.1, 0.15) is 0 Å². The minimum atomic E-state index is -0.525. The molecule has 1 N–H and O–H groups in total. The summed E-state index contributed by atoms with van der Waals surface area (Å²) < 4.78 is 10.5. The maximum absolute atomic E-state index is 11.9. The summed E-state index contributed by atoms with van der Waals surface area (Å²) in [5.41, 5.74) is -0.117. The number of carbonyl (C=O) groups excluding carboxylic acids is 1. The van der Waals surface area contributed by atoms with Gasteiger partial charge in [-0.2, -0.15) is 0 Å². The normalized spacial score (nSPS) is 11.9. The Kier molecular flexibility index (Phi) is 8.01. The first kappa shape index (κ1) is 19.7. The molecule has 0 unspecified atom stereocenters. The average Bonchev–Trinajstić information content (AvgIpc) is 2.52. The highest BCUT2D eigenvalue weighted by Crippen LogP contribution is 2.31. The van der Waals surface area contributed by atoms with Crippen molar-refractivity contribution in [3.05, 3.63) is 28.3 Å². The molecule has 24 heavy (non-hydrogen) atoms. The summed E-state index contributed by atoms with van der Waals surface area (Å²) >= 11 is 0. The Labute approximate surface area is 142 Å². The van der Waals surface area contributed by atoms with Crippen LogP contribution in [0.1, 0.15) is 40.0 Å². The van der Waals surface area contributed by atoms with Gasteiger partial charge in [-0.3, -0.25) is 14.9 Å². The van der Waals surface area contributed by atoms with E-state index in [1.54, 1.807) is 0 Å². The molecule has 134 valence electrons. The summed E-state index contributed by atoms with van der Waals surface area (Å²) in [7, 11) is 1.44. The molecule has 1 amide bonds. The number of amides is 1. The van der Waals surface area contributed by atoms with Crippen LogP contribution in [0, 0.1) is 16.0 Å². The van der Waals surface area contributed by atoms with E-state index in [-0.39, 0.29) is 30.0 Å². The zero-order chi connectivity index (χ0) is 18.1. The molecule has 1 atom stereocenters. The number of benzene rings is 1. The molecule has 0 saturated heterocycles. The van der Waals surface area contributed by atoms with E-state index in [1.807, 2.05) is 6.92 Å². The number of rotatable bonds is 10. The summed E-state index contributed by atoms with van der Waals surface area (Å²) in [4.78, 5) is 22.2. The van der Waals surface area contributed by atoms with Crippen LogP contribution in [0.4, 0.5) is 5.69 Å². The molecule has 1 aromatic rings. The number of non-ortho nitro benzene ring substituents is 1. The molecule has 0 aliphatic carbocycles. The molecule has 0 aliphatic heterocycles. The predicted molar refractivity (Wildman–Crippen MR) is 91.4 cm³/mol. The summed E-state index contributed by atoms with van der Waals surface area (Å²) in [5, 5.41) is 13.7. The molecule has 1 aromatic carbocycles. The number of ether oxygens (including phenoxy) is 2. The second kappa shape index (κ2) is 9.75. The molecule has 7 nitrogen and oxygen atoms in total. The van der Waals surface area contributed by atoms with E-state index < -0.39 is 4.92 Å². The van der Waals surface area contributed by atoms with E-state index in [4.69, 9.17) is 9.47 Å². The Morgan fingerprint density at radius 2 is 1.96 bits per heavy atom. The van der Waals surface area contributed by atoms with Crippen LogP contribution < -0.4 is 14.8 Å². The third kappa shape index (κ3) is 6.85. The van der Waals surface area contributed by atoms with Crippen LogP contribution in [-0.4, -0.2) is 30.6 Å². The highest BCUT2D eigenvalue weighted by molar-refractivity contribution is 5.77. The van der Waals surface area contributed by atoms with Crippen molar-refractivity contribution in [3.63, 3.8) is 0 Å². The summed E-state index contributed by atoms with van der Waals surface area (Å²) in [5.74, 6) is 0.908. The molecule has 0 heterocycles. The lowest BCUT2D eigenvalue weighted by Gasteiger charge is -2.15. The van der Waals surface area contributed by atoms with Crippen LogP contribution in [0.2, 0.25) is 0 Å². The lowest BCUT2D eigenvalue weighted by atomic mass is 10.0. The van der Waals surface area contributed by atoms with Gasteiger partial charge in [0.05, 0.1) is 18.1 Å². The van der Waals surface area contributed by atoms with Crippen LogP contribution in [0.5, 0.6) is 11.5 Å². The fraction of sp³-hybridized carbons (Fsp3) is 0.588. The Balaban J connectivity index is 2.51. The van der Waals surface area contributed by atoms with Crippen molar-refractivity contribution >= 4 is 11.6 Å². The van der Waals surface area contributed by atoms with Gasteiger partial charge in [0.15, 0.2) is 18.1 Å². The number of hydrogen-bond acceptors (Lipinski definition) is 5. The standard InChI is InChI=1S/C17H26N2O5/c1-12(2)6-5-7-13(3)18-17(20)11-24-16-10-14(19(21)22)8-9-15(16)23-4/h8-10,12-13H,5-7,11H2,1-4H3,(H,18,20)/t13-/m1/s1. The van der Waals surface area contributed by atoms with E-state index >= 15 is 0 Å². The average molecular weight is 338 g/mol. The van der Waals surface area contributed by atoms with Crippen molar-refractivity contribution in [3.8, 4) is 11.5 Å². The number of hydrogen-bond donors (Lipinski definition) is 1. The summed E-state index contributed by atoms with van der Waals surface area (Å²) in [6.07, 6.45) is 3.09. The van der Waals surface area contributed by atoms with Gasteiger partial charge in [-0.1, -0.05) is 26.7 Å². The van der Waals surface area contributed by atoms with Gasteiger partial charge in [-0.15, -0.1) is 0 Å². The number of nitrogens with one attached hydrogen (secondary N) is 1. The minimum absolute atomic E-state index is 0.0619. The maximum Gasteiger partial charge on any atom is 0.273 e. The fourth-order valence-electron chi connectivity index (χ4n) is 2.26. The minimum Gasteiger partial charge on any atom is -0.493 e. The third-order valence-corrected chi connectivity index (χ3v) is 3.54. The molecule has 0 saturated carbocycles. The number of nitro groups is 1. The second-order valence-corrected chi connectivity index (χ2v) is 6.17. The van der Waals surface area contributed by atoms with Crippen LogP contribution in [0.3, 0.4) is 0 Å². The van der Waals surface area contributed by atoms with Gasteiger partial charge >= 0.3 is 0 Å².